The molecule has 1 aromatic rings. The molecule has 6 nitrogen and oxygen atoms in total. The van der Waals surface area contributed by atoms with Gasteiger partial charge in [-0.1, -0.05) is 19.0 Å². The topological polar surface area (TPSA) is 89.3 Å². The van der Waals surface area contributed by atoms with Gasteiger partial charge in [0.2, 0.25) is 5.91 Å². The lowest BCUT2D eigenvalue weighted by Crippen LogP contribution is -2.28. The maximum absolute atomic E-state index is 12.4. The summed E-state index contributed by atoms with van der Waals surface area (Å²) in [5.74, 6) is 1.12. The van der Waals surface area contributed by atoms with E-state index in [0.29, 0.717) is 24.3 Å². The van der Waals surface area contributed by atoms with Crippen molar-refractivity contribution in [3.8, 4) is 0 Å². The molecule has 1 aromatic heterocycles. The number of nitrogens with one attached hydrogen (secondary N) is 1. The summed E-state index contributed by atoms with van der Waals surface area (Å²) in [6.07, 6.45) is 3.52. The van der Waals surface area contributed by atoms with Crippen molar-refractivity contribution in [3.63, 3.8) is 0 Å². The van der Waals surface area contributed by atoms with E-state index in [-0.39, 0.29) is 34.7 Å². The van der Waals surface area contributed by atoms with Crippen LogP contribution >= 0.6 is 0 Å². The fourth-order valence-corrected chi connectivity index (χ4v) is 4.83. The molecule has 21 heavy (non-hydrogen) atoms. The maximum Gasteiger partial charge on any atom is 0.228 e. The van der Waals surface area contributed by atoms with Crippen LogP contribution in [0.3, 0.4) is 0 Å². The highest BCUT2D eigenvalue weighted by atomic mass is 32.2. The van der Waals surface area contributed by atoms with Crippen LogP contribution in [0.25, 0.3) is 0 Å². The Hall–Kier alpha value is -1.37. The van der Waals surface area contributed by atoms with Crippen molar-refractivity contribution in [1.82, 2.24) is 5.16 Å². The highest BCUT2D eigenvalue weighted by molar-refractivity contribution is 7.91. The van der Waals surface area contributed by atoms with E-state index in [1.165, 1.54) is 6.20 Å². The largest absolute Gasteiger partial charge is 0.359 e. The second-order valence-electron chi connectivity index (χ2n) is 6.52. The van der Waals surface area contributed by atoms with Crippen LogP contribution in [0.5, 0.6) is 0 Å². The third-order valence-corrected chi connectivity index (χ3v) is 6.36. The minimum absolute atomic E-state index is 0.0422. The number of nitrogens with zero attached hydrogens (tertiary/aromatic N) is 1. The van der Waals surface area contributed by atoms with Gasteiger partial charge in [0.1, 0.15) is 15.5 Å². The Morgan fingerprint density at radius 3 is 2.71 bits per heavy atom. The molecule has 2 fully saturated rings. The quantitative estimate of drug-likeness (QED) is 0.921. The fraction of sp³-hybridized carbons (Fsp3) is 0.714. The van der Waals surface area contributed by atoms with Crippen molar-refractivity contribution in [2.45, 2.75) is 39.0 Å². The summed E-state index contributed by atoms with van der Waals surface area (Å²) in [5.41, 5.74) is 0.533. The van der Waals surface area contributed by atoms with E-state index < -0.39 is 9.84 Å². The van der Waals surface area contributed by atoms with Gasteiger partial charge >= 0.3 is 0 Å². The molecule has 2 heterocycles. The standard InChI is InChI=1S/C14H20N2O4S/c1-9(2)12-11(8-15-20-12)16-13(17)10-7-14(10)3-5-21(18,19)6-4-14/h8-10H,3-7H2,1-2H3,(H,16,17). The van der Waals surface area contributed by atoms with Crippen LogP contribution in [-0.4, -0.2) is 31.0 Å². The molecule has 1 atom stereocenters. The minimum Gasteiger partial charge on any atom is -0.359 e. The molecule has 1 unspecified atom stereocenters. The van der Waals surface area contributed by atoms with Gasteiger partial charge in [0.05, 0.1) is 17.7 Å². The van der Waals surface area contributed by atoms with Gasteiger partial charge in [-0.15, -0.1) is 0 Å². The van der Waals surface area contributed by atoms with E-state index >= 15 is 0 Å². The normalized spacial score (nSPS) is 26.0. The van der Waals surface area contributed by atoms with Gasteiger partial charge in [0, 0.05) is 11.8 Å². The summed E-state index contributed by atoms with van der Waals surface area (Å²) < 4.78 is 28.1. The number of amides is 1. The highest BCUT2D eigenvalue weighted by Crippen LogP contribution is 2.60. The smallest absolute Gasteiger partial charge is 0.228 e. The lowest BCUT2D eigenvalue weighted by Gasteiger charge is -2.22. The van der Waals surface area contributed by atoms with Crippen LogP contribution in [0.2, 0.25) is 0 Å². The Labute approximate surface area is 124 Å². The zero-order chi connectivity index (χ0) is 15.3. The molecule has 0 bridgehead atoms. The van der Waals surface area contributed by atoms with Gasteiger partial charge < -0.3 is 9.84 Å². The summed E-state index contributed by atoms with van der Waals surface area (Å²) in [4.78, 5) is 12.4. The van der Waals surface area contributed by atoms with Gasteiger partial charge in [-0.05, 0) is 24.7 Å². The Morgan fingerprint density at radius 1 is 1.43 bits per heavy atom. The fourth-order valence-electron chi connectivity index (χ4n) is 3.19. The van der Waals surface area contributed by atoms with Crippen LogP contribution in [0, 0.1) is 11.3 Å². The molecule has 3 rings (SSSR count). The van der Waals surface area contributed by atoms with Crippen molar-refractivity contribution in [2.75, 3.05) is 16.8 Å². The molecule has 1 amide bonds. The number of aromatic nitrogens is 1. The molecule has 116 valence electrons. The Bertz CT molecular complexity index is 648. The Morgan fingerprint density at radius 2 is 2.10 bits per heavy atom. The number of carbonyl (C=O) groups excluding carboxylic acids is 1. The minimum atomic E-state index is -2.89. The van der Waals surface area contributed by atoms with Crippen LogP contribution < -0.4 is 5.32 Å². The monoisotopic (exact) mass is 312 g/mol. The molecule has 0 aromatic carbocycles. The molecule has 1 saturated heterocycles. The predicted octanol–water partition coefficient (Wildman–Crippen LogP) is 1.95. The lowest BCUT2D eigenvalue weighted by atomic mass is 9.96. The number of hydrogen-bond acceptors (Lipinski definition) is 5. The van der Waals surface area contributed by atoms with Crippen molar-refractivity contribution in [1.29, 1.82) is 0 Å². The first-order valence-corrected chi connectivity index (χ1v) is 9.11. The van der Waals surface area contributed by atoms with Crippen LogP contribution in [0.4, 0.5) is 5.69 Å². The van der Waals surface area contributed by atoms with Crippen molar-refractivity contribution in [2.24, 2.45) is 11.3 Å². The number of rotatable bonds is 3. The zero-order valence-electron chi connectivity index (χ0n) is 12.3. The molecule has 1 N–H and O–H groups in total. The van der Waals surface area contributed by atoms with Crippen molar-refractivity contribution in [3.05, 3.63) is 12.0 Å². The number of sulfone groups is 1. The summed E-state index contributed by atoms with van der Waals surface area (Å²) in [7, 11) is -2.89. The maximum atomic E-state index is 12.4. The lowest BCUT2D eigenvalue weighted by molar-refractivity contribution is -0.118. The van der Waals surface area contributed by atoms with Gasteiger partial charge in [-0.25, -0.2) is 8.42 Å². The average molecular weight is 312 g/mol. The third-order valence-electron chi connectivity index (χ3n) is 4.71. The molecule has 1 spiro atoms. The summed E-state index contributed by atoms with van der Waals surface area (Å²) in [6, 6.07) is 0. The first-order chi connectivity index (χ1) is 9.83. The van der Waals surface area contributed by atoms with Crippen LogP contribution in [-0.2, 0) is 14.6 Å². The molecule has 2 aliphatic rings. The molecule has 1 saturated carbocycles. The second kappa shape index (κ2) is 4.83. The van der Waals surface area contributed by atoms with E-state index in [9.17, 15) is 13.2 Å². The van der Waals surface area contributed by atoms with Crippen molar-refractivity contribution >= 4 is 21.4 Å². The van der Waals surface area contributed by atoms with Gasteiger partial charge in [0.25, 0.3) is 0 Å². The second-order valence-corrected chi connectivity index (χ2v) is 8.82. The molecule has 7 heteroatoms. The summed E-state index contributed by atoms with van der Waals surface area (Å²) in [6.45, 7) is 3.95. The van der Waals surface area contributed by atoms with E-state index in [1.807, 2.05) is 13.8 Å². The van der Waals surface area contributed by atoms with E-state index in [0.717, 1.165) is 6.42 Å². The third kappa shape index (κ3) is 2.71. The number of hydrogen-bond donors (Lipinski definition) is 1. The van der Waals surface area contributed by atoms with Crippen molar-refractivity contribution < 1.29 is 17.7 Å². The number of carbonyl (C=O) groups is 1. The zero-order valence-corrected chi connectivity index (χ0v) is 13.1. The highest BCUT2D eigenvalue weighted by Gasteiger charge is 2.59. The Kier molecular flexibility index (Phi) is 3.35. The Balaban J connectivity index is 1.65. The summed E-state index contributed by atoms with van der Waals surface area (Å²) in [5, 5.41) is 6.61. The predicted molar refractivity (Wildman–Crippen MR) is 77.6 cm³/mol. The molecule has 1 aliphatic carbocycles. The molecule has 0 radical (unpaired) electrons. The van der Waals surface area contributed by atoms with Crippen LogP contribution in [0.15, 0.2) is 10.7 Å². The number of anilines is 1. The van der Waals surface area contributed by atoms with Crippen LogP contribution in [0.1, 0.15) is 44.8 Å². The van der Waals surface area contributed by atoms with Gasteiger partial charge in [0.15, 0.2) is 5.76 Å². The van der Waals surface area contributed by atoms with Gasteiger partial charge in [-0.2, -0.15) is 0 Å². The van der Waals surface area contributed by atoms with E-state index in [2.05, 4.69) is 10.5 Å². The first-order valence-electron chi connectivity index (χ1n) is 7.29. The van der Waals surface area contributed by atoms with E-state index in [1.54, 1.807) is 0 Å². The first kappa shape index (κ1) is 14.6. The molecule has 1 aliphatic heterocycles. The SMILES string of the molecule is CC(C)c1oncc1NC(=O)C1CC12CCS(=O)(=O)CC2. The van der Waals surface area contributed by atoms with E-state index in [4.69, 9.17) is 4.52 Å². The molecular weight excluding hydrogens is 292 g/mol. The van der Waals surface area contributed by atoms with Gasteiger partial charge in [-0.3, -0.25) is 4.79 Å². The molecular formula is C14H20N2O4S. The summed E-state index contributed by atoms with van der Waals surface area (Å²) >= 11 is 0. The average Bonchev–Trinajstić information content (AvgIpc) is 2.93.